The van der Waals surface area contributed by atoms with Gasteiger partial charge in [-0.15, -0.1) is 0 Å². The molecule has 0 aromatic heterocycles. The normalized spacial score (nSPS) is 28.4. The molecule has 1 aromatic rings. The first kappa shape index (κ1) is 15.0. The number of benzene rings is 1. The molecule has 2 fully saturated rings. The summed E-state index contributed by atoms with van der Waals surface area (Å²) in [5.41, 5.74) is 7.47. The molecule has 4 heteroatoms. The topological polar surface area (TPSA) is 29.3 Å². The van der Waals surface area contributed by atoms with Crippen molar-refractivity contribution in [1.82, 2.24) is 4.90 Å². The molecule has 110 valence electrons. The average Bonchev–Trinajstić information content (AvgIpc) is 2.88. The van der Waals surface area contributed by atoms with Crippen molar-refractivity contribution in [2.75, 3.05) is 13.1 Å². The van der Waals surface area contributed by atoms with E-state index in [0.29, 0.717) is 12.6 Å². The van der Waals surface area contributed by atoms with Gasteiger partial charge in [0.15, 0.2) is 0 Å². The maximum absolute atomic E-state index is 6.13. The Morgan fingerprint density at radius 1 is 1.15 bits per heavy atom. The van der Waals surface area contributed by atoms with Gasteiger partial charge in [0, 0.05) is 27.6 Å². The van der Waals surface area contributed by atoms with E-state index in [-0.39, 0.29) is 0 Å². The molecular formula is C16H22Br2N2. The SMILES string of the molecule is NCC(c1ccc(Br)c(Br)c1)N1CCC2CCCCC21. The van der Waals surface area contributed by atoms with E-state index in [1.54, 1.807) is 0 Å². The van der Waals surface area contributed by atoms with Crippen LogP contribution < -0.4 is 5.73 Å². The van der Waals surface area contributed by atoms with Gasteiger partial charge in [-0.05, 0) is 81.3 Å². The van der Waals surface area contributed by atoms with Crippen LogP contribution in [0.15, 0.2) is 27.1 Å². The molecular weight excluding hydrogens is 380 g/mol. The monoisotopic (exact) mass is 400 g/mol. The maximum Gasteiger partial charge on any atom is 0.0473 e. The lowest BCUT2D eigenvalue weighted by Crippen LogP contribution is -2.40. The quantitative estimate of drug-likeness (QED) is 0.809. The predicted octanol–water partition coefficient (Wildman–Crippen LogP) is 4.48. The Morgan fingerprint density at radius 2 is 1.95 bits per heavy atom. The van der Waals surface area contributed by atoms with E-state index in [4.69, 9.17) is 5.73 Å². The van der Waals surface area contributed by atoms with Crippen molar-refractivity contribution >= 4 is 31.9 Å². The third-order valence-electron chi connectivity index (χ3n) is 5.01. The molecule has 0 spiro atoms. The van der Waals surface area contributed by atoms with Crippen LogP contribution in [0.5, 0.6) is 0 Å². The molecule has 0 amide bonds. The molecule has 3 atom stereocenters. The average molecular weight is 402 g/mol. The van der Waals surface area contributed by atoms with Crippen LogP contribution in [0.25, 0.3) is 0 Å². The molecule has 1 aliphatic heterocycles. The lowest BCUT2D eigenvalue weighted by molar-refractivity contribution is 0.135. The lowest BCUT2D eigenvalue weighted by atomic mass is 9.84. The van der Waals surface area contributed by atoms with Gasteiger partial charge in [-0.3, -0.25) is 4.90 Å². The second kappa shape index (κ2) is 6.47. The minimum atomic E-state index is 0.368. The first-order chi connectivity index (χ1) is 9.70. The number of hydrogen-bond donors (Lipinski definition) is 1. The highest BCUT2D eigenvalue weighted by Gasteiger charge is 2.38. The van der Waals surface area contributed by atoms with Gasteiger partial charge >= 0.3 is 0 Å². The molecule has 1 saturated carbocycles. The molecule has 0 bridgehead atoms. The number of hydrogen-bond acceptors (Lipinski definition) is 2. The van der Waals surface area contributed by atoms with Crippen LogP contribution in [0.3, 0.4) is 0 Å². The number of nitrogens with two attached hydrogens (primary N) is 1. The largest absolute Gasteiger partial charge is 0.329 e. The number of likely N-dealkylation sites (tertiary alicyclic amines) is 1. The minimum Gasteiger partial charge on any atom is -0.329 e. The predicted molar refractivity (Wildman–Crippen MR) is 90.7 cm³/mol. The number of halogens is 2. The summed E-state index contributed by atoms with van der Waals surface area (Å²) in [7, 11) is 0. The summed E-state index contributed by atoms with van der Waals surface area (Å²) in [5.74, 6) is 0.914. The van der Waals surface area contributed by atoms with Crippen LogP contribution in [0.1, 0.15) is 43.7 Å². The first-order valence-electron chi connectivity index (χ1n) is 7.61. The Balaban J connectivity index is 1.84. The van der Waals surface area contributed by atoms with Crippen LogP contribution in [0.2, 0.25) is 0 Å². The van der Waals surface area contributed by atoms with Crippen molar-refractivity contribution in [3.63, 3.8) is 0 Å². The highest BCUT2D eigenvalue weighted by Crippen LogP contribution is 2.41. The zero-order valence-corrected chi connectivity index (χ0v) is 14.9. The standard InChI is InChI=1S/C16H22Br2N2/c17-13-6-5-12(9-14(13)18)16(10-19)20-8-7-11-3-1-2-4-15(11)20/h5-6,9,11,15-16H,1-4,7-8,10,19H2. The van der Waals surface area contributed by atoms with Crippen LogP contribution in [-0.4, -0.2) is 24.0 Å². The summed E-state index contributed by atoms with van der Waals surface area (Å²) in [4.78, 5) is 2.68. The summed E-state index contributed by atoms with van der Waals surface area (Å²) in [6, 6.07) is 7.68. The summed E-state index contributed by atoms with van der Waals surface area (Å²) >= 11 is 7.16. The number of nitrogens with zero attached hydrogens (tertiary/aromatic N) is 1. The van der Waals surface area contributed by atoms with Crippen molar-refractivity contribution in [3.8, 4) is 0 Å². The van der Waals surface area contributed by atoms with Crippen LogP contribution in [0.4, 0.5) is 0 Å². The van der Waals surface area contributed by atoms with Gasteiger partial charge < -0.3 is 5.73 Å². The van der Waals surface area contributed by atoms with E-state index < -0.39 is 0 Å². The highest BCUT2D eigenvalue weighted by molar-refractivity contribution is 9.13. The zero-order chi connectivity index (χ0) is 14.1. The van der Waals surface area contributed by atoms with Crippen molar-refractivity contribution in [2.24, 2.45) is 11.7 Å². The molecule has 3 rings (SSSR count). The molecule has 1 heterocycles. The minimum absolute atomic E-state index is 0.368. The Hall–Kier alpha value is 0.1000. The van der Waals surface area contributed by atoms with E-state index >= 15 is 0 Å². The Bertz CT molecular complexity index is 478. The highest BCUT2D eigenvalue weighted by atomic mass is 79.9. The van der Waals surface area contributed by atoms with Crippen molar-refractivity contribution < 1.29 is 0 Å². The fourth-order valence-electron chi connectivity index (χ4n) is 4.01. The second-order valence-electron chi connectivity index (χ2n) is 6.06. The fraction of sp³-hybridized carbons (Fsp3) is 0.625. The number of fused-ring (bicyclic) bond motifs is 1. The molecule has 20 heavy (non-hydrogen) atoms. The number of rotatable bonds is 3. The molecule has 1 aliphatic carbocycles. The van der Waals surface area contributed by atoms with Crippen LogP contribution in [0, 0.1) is 5.92 Å². The van der Waals surface area contributed by atoms with Crippen molar-refractivity contribution in [1.29, 1.82) is 0 Å². The summed E-state index contributed by atoms with van der Waals surface area (Å²) in [6.07, 6.45) is 6.95. The maximum atomic E-state index is 6.13. The van der Waals surface area contributed by atoms with Gasteiger partial charge in [0.25, 0.3) is 0 Å². The van der Waals surface area contributed by atoms with E-state index in [1.165, 1.54) is 44.2 Å². The molecule has 1 saturated heterocycles. The van der Waals surface area contributed by atoms with Gasteiger partial charge in [0.2, 0.25) is 0 Å². The van der Waals surface area contributed by atoms with Crippen molar-refractivity contribution in [2.45, 2.75) is 44.2 Å². The van der Waals surface area contributed by atoms with Crippen LogP contribution in [-0.2, 0) is 0 Å². The van der Waals surface area contributed by atoms with Gasteiger partial charge in [-0.25, -0.2) is 0 Å². The molecule has 1 aromatic carbocycles. The fourth-order valence-corrected chi connectivity index (χ4v) is 4.65. The lowest BCUT2D eigenvalue weighted by Gasteiger charge is -2.37. The van der Waals surface area contributed by atoms with Crippen molar-refractivity contribution in [3.05, 3.63) is 32.7 Å². The molecule has 3 unspecified atom stereocenters. The Morgan fingerprint density at radius 3 is 2.70 bits per heavy atom. The summed E-state index contributed by atoms with van der Waals surface area (Å²) in [5, 5.41) is 0. The smallest absolute Gasteiger partial charge is 0.0473 e. The van der Waals surface area contributed by atoms with E-state index in [1.807, 2.05) is 0 Å². The first-order valence-corrected chi connectivity index (χ1v) is 9.20. The second-order valence-corrected chi connectivity index (χ2v) is 7.77. The Kier molecular flexibility index (Phi) is 4.86. The molecule has 0 radical (unpaired) electrons. The molecule has 2 N–H and O–H groups in total. The third-order valence-corrected chi connectivity index (χ3v) is 6.88. The molecule has 2 nitrogen and oxygen atoms in total. The third kappa shape index (κ3) is 2.85. The molecule has 2 aliphatic rings. The van der Waals surface area contributed by atoms with Gasteiger partial charge in [0.05, 0.1) is 0 Å². The van der Waals surface area contributed by atoms with Gasteiger partial charge in [0.1, 0.15) is 0 Å². The van der Waals surface area contributed by atoms with E-state index in [0.717, 1.165) is 20.9 Å². The van der Waals surface area contributed by atoms with Gasteiger partial charge in [-0.1, -0.05) is 18.9 Å². The zero-order valence-electron chi connectivity index (χ0n) is 11.7. The van der Waals surface area contributed by atoms with E-state index in [9.17, 15) is 0 Å². The van der Waals surface area contributed by atoms with Gasteiger partial charge in [-0.2, -0.15) is 0 Å². The Labute approximate surface area is 138 Å². The van der Waals surface area contributed by atoms with E-state index in [2.05, 4.69) is 55.0 Å². The summed E-state index contributed by atoms with van der Waals surface area (Å²) in [6.45, 7) is 1.92. The summed E-state index contributed by atoms with van der Waals surface area (Å²) < 4.78 is 2.22. The van der Waals surface area contributed by atoms with Crippen LogP contribution >= 0.6 is 31.9 Å².